The zero-order valence-corrected chi connectivity index (χ0v) is 8.07. The highest BCUT2D eigenvalue weighted by molar-refractivity contribution is 6.18. The van der Waals surface area contributed by atoms with Gasteiger partial charge in [-0.1, -0.05) is 0 Å². The zero-order chi connectivity index (χ0) is 8.97. The molecule has 1 unspecified atom stereocenters. The maximum atomic E-state index is 10.8. The van der Waals surface area contributed by atoms with Crippen LogP contribution in [0.25, 0.3) is 0 Å². The number of carbonyl (C=O) groups is 1. The molecule has 0 aromatic carbocycles. The maximum absolute atomic E-state index is 10.8. The van der Waals surface area contributed by atoms with E-state index in [1.165, 1.54) is 0 Å². The largest absolute Gasteiger partial charge is 0.430 e. The number of halogens is 2. The Balaban J connectivity index is 2.42. The third-order valence-corrected chi connectivity index (χ3v) is 2.14. The molecule has 1 atom stereocenters. The van der Waals surface area contributed by atoms with E-state index in [4.69, 9.17) is 27.9 Å². The van der Waals surface area contributed by atoms with E-state index in [1.807, 2.05) is 6.08 Å². The monoisotopic (exact) mass is 208 g/mol. The Morgan fingerprint density at radius 1 is 1.42 bits per heavy atom. The lowest BCUT2D eigenvalue weighted by atomic mass is 9.99. The molecule has 4 heteroatoms. The summed E-state index contributed by atoms with van der Waals surface area (Å²) in [7, 11) is 0. The summed E-state index contributed by atoms with van der Waals surface area (Å²) in [5.74, 6) is 1.50. The highest BCUT2D eigenvalue weighted by Crippen LogP contribution is 2.30. The van der Waals surface area contributed by atoms with Gasteiger partial charge in [-0.3, -0.25) is 4.79 Å². The molecule has 0 spiro atoms. The van der Waals surface area contributed by atoms with Gasteiger partial charge in [-0.2, -0.15) is 0 Å². The molecule has 1 heterocycles. The number of alkyl halides is 2. The second kappa shape index (κ2) is 4.73. The first-order chi connectivity index (χ1) is 5.79. The molecule has 12 heavy (non-hydrogen) atoms. The van der Waals surface area contributed by atoms with Gasteiger partial charge in [-0.25, -0.2) is 0 Å². The molecule has 0 radical (unpaired) electrons. The van der Waals surface area contributed by atoms with Gasteiger partial charge < -0.3 is 4.74 Å². The molecule has 0 N–H and O–H groups in total. The van der Waals surface area contributed by atoms with E-state index in [9.17, 15) is 4.79 Å². The van der Waals surface area contributed by atoms with E-state index in [0.29, 0.717) is 18.2 Å². The molecule has 0 bridgehead atoms. The molecule has 1 rings (SSSR count). The summed E-state index contributed by atoms with van der Waals surface area (Å²) >= 11 is 11.0. The van der Waals surface area contributed by atoms with Gasteiger partial charge in [0.15, 0.2) is 0 Å². The van der Waals surface area contributed by atoms with Crippen LogP contribution in [-0.2, 0) is 9.53 Å². The van der Waals surface area contributed by atoms with Gasteiger partial charge in [0.2, 0.25) is 0 Å². The first-order valence-electron chi connectivity index (χ1n) is 3.83. The smallest absolute Gasteiger partial charge is 0.321 e. The average molecular weight is 209 g/mol. The number of hydrogen-bond donors (Lipinski definition) is 0. The van der Waals surface area contributed by atoms with E-state index >= 15 is 0 Å². The van der Waals surface area contributed by atoms with Gasteiger partial charge in [0.25, 0.3) is 0 Å². The molecule has 0 aliphatic carbocycles. The van der Waals surface area contributed by atoms with Crippen LogP contribution in [0, 0.1) is 5.92 Å². The van der Waals surface area contributed by atoms with E-state index in [2.05, 4.69) is 0 Å². The van der Waals surface area contributed by atoms with Crippen molar-refractivity contribution in [3.63, 3.8) is 0 Å². The average Bonchev–Trinajstić information content (AvgIpc) is 2.08. The number of hydrogen-bond acceptors (Lipinski definition) is 2. The predicted octanol–water partition coefficient (Wildman–Crippen LogP) is 2.30. The molecule has 1 aliphatic rings. The molecule has 1 saturated heterocycles. The topological polar surface area (TPSA) is 26.3 Å². The number of rotatable bonds is 4. The number of cyclic esters (lactones) is 1. The van der Waals surface area contributed by atoms with Crippen LogP contribution >= 0.6 is 23.2 Å². The van der Waals surface area contributed by atoms with Crippen molar-refractivity contribution in [1.82, 2.24) is 0 Å². The number of carbonyl (C=O) groups excluding carboxylic acids is 1. The van der Waals surface area contributed by atoms with Gasteiger partial charge in [0, 0.05) is 11.8 Å². The normalized spacial score (nSPS) is 25.3. The fourth-order valence-electron chi connectivity index (χ4n) is 1.07. The van der Waals surface area contributed by atoms with Crippen molar-refractivity contribution in [3.8, 4) is 0 Å². The highest BCUT2D eigenvalue weighted by atomic mass is 35.5. The zero-order valence-electron chi connectivity index (χ0n) is 6.56. The third-order valence-electron chi connectivity index (χ3n) is 1.70. The first-order valence-corrected chi connectivity index (χ1v) is 4.90. The van der Waals surface area contributed by atoms with Gasteiger partial charge in [0.1, 0.15) is 11.7 Å². The summed E-state index contributed by atoms with van der Waals surface area (Å²) in [4.78, 5) is 10.8. The molecular formula is C8H10Cl2O2. The van der Waals surface area contributed by atoms with Crippen molar-refractivity contribution in [2.75, 3.05) is 11.8 Å². The van der Waals surface area contributed by atoms with Crippen molar-refractivity contribution in [2.24, 2.45) is 5.92 Å². The van der Waals surface area contributed by atoms with Crippen LogP contribution in [0.3, 0.4) is 0 Å². The summed E-state index contributed by atoms with van der Waals surface area (Å²) in [6.07, 6.45) is 3.25. The second-order valence-corrected chi connectivity index (χ2v) is 3.29. The molecular weight excluding hydrogens is 199 g/mol. The number of esters is 1. The predicted molar refractivity (Wildman–Crippen MR) is 48.3 cm³/mol. The fourth-order valence-corrected chi connectivity index (χ4v) is 1.39. The third kappa shape index (κ3) is 2.14. The molecule has 0 amide bonds. The lowest BCUT2D eigenvalue weighted by molar-refractivity contribution is -0.157. The Kier molecular flexibility index (Phi) is 3.89. The Bertz CT molecular complexity index is 201. The quantitative estimate of drug-likeness (QED) is 0.524. The van der Waals surface area contributed by atoms with Gasteiger partial charge >= 0.3 is 5.97 Å². The highest BCUT2D eigenvalue weighted by Gasteiger charge is 2.36. The van der Waals surface area contributed by atoms with E-state index in [1.54, 1.807) is 0 Å². The van der Waals surface area contributed by atoms with Crippen molar-refractivity contribution >= 4 is 29.2 Å². The van der Waals surface area contributed by atoms with Crippen LogP contribution in [-0.4, -0.2) is 17.7 Å². The van der Waals surface area contributed by atoms with E-state index < -0.39 is 0 Å². The molecule has 2 nitrogen and oxygen atoms in total. The summed E-state index contributed by atoms with van der Waals surface area (Å²) in [5, 5.41) is 0. The minimum Gasteiger partial charge on any atom is -0.430 e. The Labute approximate surface area is 81.5 Å². The maximum Gasteiger partial charge on any atom is 0.321 e. The molecule has 0 aromatic rings. The van der Waals surface area contributed by atoms with Gasteiger partial charge in [-0.15, -0.1) is 23.2 Å². The lowest BCUT2D eigenvalue weighted by Gasteiger charge is -2.27. The lowest BCUT2D eigenvalue weighted by Crippen LogP contribution is -2.32. The molecule has 1 aliphatic heterocycles. The molecule has 1 fully saturated rings. The standard InChI is InChI=1S/C8H10Cl2O2/c9-4-1-2-7-6(3-5-10)8(11)12-7/h2,6H,1,3-5H2/b7-2+. The van der Waals surface area contributed by atoms with Gasteiger partial charge in [-0.05, 0) is 18.9 Å². The molecule has 68 valence electrons. The number of ether oxygens (including phenoxy) is 1. The van der Waals surface area contributed by atoms with E-state index in [-0.39, 0.29) is 11.9 Å². The molecule has 0 saturated carbocycles. The van der Waals surface area contributed by atoms with Crippen LogP contribution in [0.2, 0.25) is 0 Å². The van der Waals surface area contributed by atoms with Crippen LogP contribution in [0.4, 0.5) is 0 Å². The SMILES string of the molecule is O=C1O/C(=C/CCCl)C1CCCl. The van der Waals surface area contributed by atoms with Crippen molar-refractivity contribution in [2.45, 2.75) is 12.8 Å². The summed E-state index contributed by atoms with van der Waals surface area (Å²) in [6, 6.07) is 0. The van der Waals surface area contributed by atoms with Gasteiger partial charge in [0.05, 0.1) is 0 Å². The number of allylic oxidation sites excluding steroid dienone is 1. The van der Waals surface area contributed by atoms with Crippen LogP contribution in [0.5, 0.6) is 0 Å². The Morgan fingerprint density at radius 3 is 2.67 bits per heavy atom. The van der Waals surface area contributed by atoms with Crippen molar-refractivity contribution in [3.05, 3.63) is 11.8 Å². The summed E-state index contributed by atoms with van der Waals surface area (Å²) in [5.41, 5.74) is 0. The minimum absolute atomic E-state index is 0.106. The minimum atomic E-state index is -0.170. The summed E-state index contributed by atoms with van der Waals surface area (Å²) in [6.45, 7) is 0. The van der Waals surface area contributed by atoms with Crippen molar-refractivity contribution < 1.29 is 9.53 Å². The first kappa shape index (κ1) is 9.87. The summed E-state index contributed by atoms with van der Waals surface area (Å²) < 4.78 is 4.81. The van der Waals surface area contributed by atoms with Crippen LogP contribution in [0.1, 0.15) is 12.8 Å². The van der Waals surface area contributed by atoms with Crippen LogP contribution < -0.4 is 0 Å². The second-order valence-electron chi connectivity index (χ2n) is 2.54. The van der Waals surface area contributed by atoms with E-state index in [0.717, 1.165) is 12.2 Å². The van der Waals surface area contributed by atoms with Crippen molar-refractivity contribution in [1.29, 1.82) is 0 Å². The Hall–Kier alpha value is -0.210. The molecule has 0 aromatic heterocycles. The van der Waals surface area contributed by atoms with Crippen LogP contribution in [0.15, 0.2) is 11.8 Å². The fraction of sp³-hybridized carbons (Fsp3) is 0.625. The Morgan fingerprint density at radius 2 is 2.17 bits per heavy atom.